The second kappa shape index (κ2) is 13.0. The van der Waals surface area contributed by atoms with Crippen molar-refractivity contribution in [1.29, 1.82) is 0 Å². The fourth-order valence-electron chi connectivity index (χ4n) is 4.97. The molecule has 0 spiro atoms. The van der Waals surface area contributed by atoms with Gasteiger partial charge in [-0.15, -0.1) is 0 Å². The third-order valence-corrected chi connectivity index (χ3v) is 6.96. The summed E-state index contributed by atoms with van der Waals surface area (Å²) in [6, 6.07) is 0.675. The maximum atomic E-state index is 12.7. The van der Waals surface area contributed by atoms with Crippen molar-refractivity contribution in [2.45, 2.75) is 105 Å². The van der Waals surface area contributed by atoms with E-state index in [0.29, 0.717) is 55.5 Å². The highest BCUT2D eigenvalue weighted by molar-refractivity contribution is 5.76. The molecule has 0 aliphatic carbocycles. The molecular weight excluding hydrogens is 444 g/mol. The van der Waals surface area contributed by atoms with Gasteiger partial charge in [-0.25, -0.2) is 9.78 Å². The third-order valence-electron chi connectivity index (χ3n) is 6.96. The van der Waals surface area contributed by atoms with Crippen LogP contribution in [-0.4, -0.2) is 55.6 Å². The van der Waals surface area contributed by atoms with E-state index < -0.39 is 11.2 Å². The molecule has 0 saturated carbocycles. The number of aromatic nitrogens is 4. The molecule has 9 heteroatoms. The summed E-state index contributed by atoms with van der Waals surface area (Å²) in [6.07, 6.45) is 8.48. The van der Waals surface area contributed by atoms with Crippen LogP contribution < -0.4 is 16.6 Å². The van der Waals surface area contributed by atoms with E-state index >= 15 is 0 Å². The number of hydrogen-bond donors (Lipinski definition) is 2. The number of unbranched alkanes of at least 4 members (excludes halogenated alkanes) is 2. The van der Waals surface area contributed by atoms with Gasteiger partial charge in [0.15, 0.2) is 11.2 Å². The molecular formula is C26H44N6O3. The molecule has 2 aromatic heterocycles. The van der Waals surface area contributed by atoms with Crippen LogP contribution in [0.2, 0.25) is 0 Å². The van der Waals surface area contributed by atoms with Crippen molar-refractivity contribution >= 4 is 17.1 Å². The highest BCUT2D eigenvalue weighted by Crippen LogP contribution is 2.17. The third kappa shape index (κ3) is 7.29. The number of hydrogen-bond acceptors (Lipinski definition) is 5. The van der Waals surface area contributed by atoms with Gasteiger partial charge in [0.2, 0.25) is 5.91 Å². The van der Waals surface area contributed by atoms with Gasteiger partial charge in [-0.2, -0.15) is 0 Å². The summed E-state index contributed by atoms with van der Waals surface area (Å²) in [6.45, 7) is 12.6. The van der Waals surface area contributed by atoms with E-state index in [1.807, 2.05) is 4.57 Å². The van der Waals surface area contributed by atoms with Crippen LogP contribution in [0.15, 0.2) is 9.59 Å². The van der Waals surface area contributed by atoms with E-state index in [1.165, 1.54) is 25.8 Å². The standard InChI is InChI=1S/C26H44N6O3/c1-5-6-17-31-24-23(25(34)29-26(31)35)32(18-19(2)3)21(28-24)12-13-22(33)27-14-8-10-16-30-15-9-7-11-20(30)4/h19-20H,5-18H2,1-4H3,(H,27,33)(H,29,34,35). The summed E-state index contributed by atoms with van der Waals surface area (Å²) in [5.74, 6) is 0.971. The Morgan fingerprint density at radius 2 is 1.94 bits per heavy atom. The van der Waals surface area contributed by atoms with Crippen molar-refractivity contribution < 1.29 is 4.79 Å². The predicted molar refractivity (Wildman–Crippen MR) is 140 cm³/mol. The summed E-state index contributed by atoms with van der Waals surface area (Å²) >= 11 is 0. The average Bonchev–Trinajstić information content (AvgIpc) is 3.16. The molecule has 1 unspecified atom stereocenters. The van der Waals surface area contributed by atoms with Crippen LogP contribution in [0.3, 0.4) is 0 Å². The molecule has 1 atom stereocenters. The normalized spacial score (nSPS) is 16.9. The molecule has 1 saturated heterocycles. The Morgan fingerprint density at radius 3 is 2.66 bits per heavy atom. The van der Waals surface area contributed by atoms with Crippen LogP contribution in [0.1, 0.15) is 84.9 Å². The molecule has 3 rings (SSSR count). The first-order valence-electron chi connectivity index (χ1n) is 13.5. The smallest absolute Gasteiger partial charge is 0.330 e. The van der Waals surface area contributed by atoms with Crippen molar-refractivity contribution in [3.63, 3.8) is 0 Å². The Hall–Kier alpha value is -2.42. The summed E-state index contributed by atoms with van der Waals surface area (Å²) < 4.78 is 3.46. The first kappa shape index (κ1) is 27.2. The second-order valence-electron chi connectivity index (χ2n) is 10.4. The van der Waals surface area contributed by atoms with Crippen molar-refractivity contribution in [1.82, 2.24) is 29.3 Å². The number of carbonyl (C=O) groups is 1. The van der Waals surface area contributed by atoms with Crippen LogP contribution in [0.25, 0.3) is 11.2 Å². The molecule has 196 valence electrons. The highest BCUT2D eigenvalue weighted by Gasteiger charge is 2.20. The zero-order valence-electron chi connectivity index (χ0n) is 22.1. The van der Waals surface area contributed by atoms with Gasteiger partial charge >= 0.3 is 5.69 Å². The SMILES string of the molecule is CCCCn1c(=O)[nH]c(=O)c2c1nc(CCC(=O)NCCCCN1CCCCC1C)n2CC(C)C. The van der Waals surface area contributed by atoms with E-state index in [0.717, 1.165) is 32.2 Å². The van der Waals surface area contributed by atoms with Gasteiger partial charge in [0, 0.05) is 38.5 Å². The van der Waals surface area contributed by atoms with Gasteiger partial charge in [0.25, 0.3) is 5.56 Å². The lowest BCUT2D eigenvalue weighted by Gasteiger charge is -2.33. The largest absolute Gasteiger partial charge is 0.356 e. The molecule has 35 heavy (non-hydrogen) atoms. The molecule has 1 fully saturated rings. The summed E-state index contributed by atoms with van der Waals surface area (Å²) in [5.41, 5.74) is 0.0185. The van der Waals surface area contributed by atoms with E-state index in [1.54, 1.807) is 4.57 Å². The van der Waals surface area contributed by atoms with Crippen LogP contribution in [0, 0.1) is 5.92 Å². The molecule has 9 nitrogen and oxygen atoms in total. The summed E-state index contributed by atoms with van der Waals surface area (Å²) in [7, 11) is 0. The fraction of sp³-hybridized carbons (Fsp3) is 0.769. The van der Waals surface area contributed by atoms with E-state index in [2.05, 4.69) is 42.9 Å². The summed E-state index contributed by atoms with van der Waals surface area (Å²) in [4.78, 5) is 47.4. The van der Waals surface area contributed by atoms with Crippen molar-refractivity contribution in [2.75, 3.05) is 19.6 Å². The van der Waals surface area contributed by atoms with E-state index in [-0.39, 0.29) is 11.8 Å². The van der Waals surface area contributed by atoms with E-state index in [9.17, 15) is 14.4 Å². The van der Waals surface area contributed by atoms with Gasteiger partial charge in [0.1, 0.15) is 5.82 Å². The number of fused-ring (bicyclic) bond motifs is 1. The number of amides is 1. The quantitative estimate of drug-likeness (QED) is 0.422. The lowest BCUT2D eigenvalue weighted by Crippen LogP contribution is -2.38. The van der Waals surface area contributed by atoms with Crippen molar-refractivity contribution in [2.24, 2.45) is 5.92 Å². The Labute approximate surface area is 208 Å². The van der Waals surface area contributed by atoms with Gasteiger partial charge in [-0.3, -0.25) is 19.1 Å². The maximum absolute atomic E-state index is 12.7. The number of likely N-dealkylation sites (tertiary alicyclic amines) is 1. The number of aromatic amines is 1. The van der Waals surface area contributed by atoms with Crippen LogP contribution in [-0.2, 0) is 24.3 Å². The molecule has 1 aliphatic rings. The Balaban J connectivity index is 1.61. The van der Waals surface area contributed by atoms with E-state index in [4.69, 9.17) is 4.98 Å². The molecule has 3 heterocycles. The zero-order valence-corrected chi connectivity index (χ0v) is 22.1. The Bertz CT molecular complexity index is 1080. The minimum atomic E-state index is -0.423. The first-order valence-corrected chi connectivity index (χ1v) is 13.5. The first-order chi connectivity index (χ1) is 16.8. The molecule has 1 amide bonds. The fourth-order valence-corrected chi connectivity index (χ4v) is 4.97. The monoisotopic (exact) mass is 488 g/mol. The van der Waals surface area contributed by atoms with Gasteiger partial charge in [0.05, 0.1) is 0 Å². The van der Waals surface area contributed by atoms with Gasteiger partial charge in [-0.1, -0.05) is 33.6 Å². The molecule has 0 bridgehead atoms. The Kier molecular flexibility index (Phi) is 10.1. The van der Waals surface area contributed by atoms with Crippen LogP contribution >= 0.6 is 0 Å². The summed E-state index contributed by atoms with van der Waals surface area (Å²) in [5, 5.41) is 3.04. The molecule has 2 aromatic rings. The number of carbonyl (C=O) groups excluding carboxylic acids is 1. The van der Waals surface area contributed by atoms with Crippen molar-refractivity contribution in [3.8, 4) is 0 Å². The zero-order chi connectivity index (χ0) is 25.4. The highest BCUT2D eigenvalue weighted by atomic mass is 16.2. The minimum Gasteiger partial charge on any atom is -0.356 e. The number of rotatable bonds is 13. The lowest BCUT2D eigenvalue weighted by molar-refractivity contribution is -0.121. The number of nitrogens with one attached hydrogen (secondary N) is 2. The molecule has 0 radical (unpaired) electrons. The van der Waals surface area contributed by atoms with Crippen molar-refractivity contribution in [3.05, 3.63) is 26.7 Å². The van der Waals surface area contributed by atoms with Crippen LogP contribution in [0.4, 0.5) is 0 Å². The topological polar surface area (TPSA) is 105 Å². The second-order valence-corrected chi connectivity index (χ2v) is 10.4. The van der Waals surface area contributed by atoms with Gasteiger partial charge in [-0.05, 0) is 58.0 Å². The number of H-pyrrole nitrogens is 1. The minimum absolute atomic E-state index is 0.00298. The lowest BCUT2D eigenvalue weighted by atomic mass is 10.0. The Morgan fingerprint density at radius 1 is 1.14 bits per heavy atom. The van der Waals surface area contributed by atoms with Gasteiger partial charge < -0.3 is 14.8 Å². The average molecular weight is 489 g/mol. The molecule has 0 aromatic carbocycles. The number of imidazole rings is 1. The number of nitrogens with zero attached hydrogens (tertiary/aromatic N) is 4. The maximum Gasteiger partial charge on any atom is 0.330 e. The predicted octanol–water partition coefficient (Wildman–Crippen LogP) is 3.05. The molecule has 2 N–H and O–H groups in total. The van der Waals surface area contributed by atoms with Crippen LogP contribution in [0.5, 0.6) is 0 Å². The number of piperidine rings is 1. The number of aryl methyl sites for hydroxylation is 2. The molecule has 1 aliphatic heterocycles.